The molecule has 0 spiro atoms. The number of fused-ring (bicyclic) bond motifs is 1. The Morgan fingerprint density at radius 3 is 2.83 bits per heavy atom. The zero-order valence-electron chi connectivity index (χ0n) is 15.0. The predicted molar refractivity (Wildman–Crippen MR) is 106 cm³/mol. The monoisotopic (exact) mass is 436 g/mol. The minimum absolute atomic E-state index is 0. The van der Waals surface area contributed by atoms with Gasteiger partial charge in [0.25, 0.3) is 0 Å². The summed E-state index contributed by atoms with van der Waals surface area (Å²) in [4.78, 5) is 6.87. The maximum atomic E-state index is 5.87. The Morgan fingerprint density at radius 2 is 2.13 bits per heavy atom. The van der Waals surface area contributed by atoms with Crippen LogP contribution in [0.1, 0.15) is 33.1 Å². The summed E-state index contributed by atoms with van der Waals surface area (Å²) < 4.78 is 5.87. The summed E-state index contributed by atoms with van der Waals surface area (Å²) in [5, 5.41) is 7.21. The van der Waals surface area contributed by atoms with E-state index in [0.717, 1.165) is 25.0 Å². The molecule has 0 aromatic heterocycles. The Labute approximate surface area is 158 Å². The molecule has 3 rings (SSSR count). The van der Waals surface area contributed by atoms with Crippen molar-refractivity contribution in [2.75, 3.05) is 40.3 Å². The SMILES string of the molecule is CN=C(NCC1CCCN(C)C1)NC1C2CCOC2C1(C)C.I. The fourth-order valence-electron chi connectivity index (χ4n) is 4.64. The number of guanidine groups is 1. The van der Waals surface area contributed by atoms with Gasteiger partial charge in [0.05, 0.1) is 6.10 Å². The van der Waals surface area contributed by atoms with Crippen LogP contribution in [-0.2, 0) is 4.74 Å². The molecule has 134 valence electrons. The maximum Gasteiger partial charge on any atom is 0.191 e. The number of hydrogen-bond acceptors (Lipinski definition) is 3. The molecule has 3 aliphatic rings. The molecule has 1 saturated carbocycles. The fraction of sp³-hybridized carbons (Fsp3) is 0.941. The lowest BCUT2D eigenvalue weighted by Crippen LogP contribution is -2.68. The molecule has 1 aliphatic carbocycles. The zero-order chi connectivity index (χ0) is 15.7. The first-order valence-electron chi connectivity index (χ1n) is 8.79. The Balaban J connectivity index is 0.00000192. The van der Waals surface area contributed by atoms with E-state index in [-0.39, 0.29) is 29.4 Å². The summed E-state index contributed by atoms with van der Waals surface area (Å²) in [6.45, 7) is 8.97. The quantitative estimate of drug-likeness (QED) is 0.403. The van der Waals surface area contributed by atoms with Crippen LogP contribution in [0.4, 0.5) is 0 Å². The summed E-state index contributed by atoms with van der Waals surface area (Å²) in [5.41, 5.74) is 0.198. The van der Waals surface area contributed by atoms with Crippen LogP contribution in [-0.4, -0.2) is 63.3 Å². The molecule has 2 N–H and O–H groups in total. The summed E-state index contributed by atoms with van der Waals surface area (Å²) in [6, 6.07) is 0.472. The van der Waals surface area contributed by atoms with Crippen LogP contribution in [0.5, 0.6) is 0 Å². The second-order valence-corrected chi connectivity index (χ2v) is 7.91. The van der Waals surface area contributed by atoms with E-state index >= 15 is 0 Å². The average molecular weight is 436 g/mol. The van der Waals surface area contributed by atoms with Crippen LogP contribution in [0, 0.1) is 17.3 Å². The van der Waals surface area contributed by atoms with Gasteiger partial charge in [-0.05, 0) is 38.8 Å². The molecule has 2 heterocycles. The first-order valence-corrected chi connectivity index (χ1v) is 8.79. The van der Waals surface area contributed by atoms with Crippen molar-refractivity contribution in [1.29, 1.82) is 0 Å². The van der Waals surface area contributed by atoms with Crippen molar-refractivity contribution in [1.82, 2.24) is 15.5 Å². The highest BCUT2D eigenvalue weighted by Gasteiger charge is 2.59. The number of ether oxygens (including phenoxy) is 1. The van der Waals surface area contributed by atoms with Gasteiger partial charge in [-0.2, -0.15) is 0 Å². The van der Waals surface area contributed by atoms with Crippen molar-refractivity contribution in [2.24, 2.45) is 22.2 Å². The van der Waals surface area contributed by atoms with Crippen molar-refractivity contribution in [3.63, 3.8) is 0 Å². The maximum absolute atomic E-state index is 5.87. The fourth-order valence-corrected chi connectivity index (χ4v) is 4.64. The predicted octanol–water partition coefficient (Wildman–Crippen LogP) is 1.92. The van der Waals surface area contributed by atoms with Crippen molar-refractivity contribution in [2.45, 2.75) is 45.3 Å². The highest BCUT2D eigenvalue weighted by molar-refractivity contribution is 14.0. The molecule has 3 fully saturated rings. The number of hydrogen-bond donors (Lipinski definition) is 2. The molecule has 0 bridgehead atoms. The molecule has 0 amide bonds. The van der Waals surface area contributed by atoms with Crippen LogP contribution >= 0.6 is 24.0 Å². The molecule has 4 unspecified atom stereocenters. The summed E-state index contributed by atoms with van der Waals surface area (Å²) >= 11 is 0. The minimum Gasteiger partial charge on any atom is -0.377 e. The van der Waals surface area contributed by atoms with E-state index in [1.54, 1.807) is 0 Å². The van der Waals surface area contributed by atoms with Gasteiger partial charge in [0, 0.05) is 44.1 Å². The minimum atomic E-state index is 0. The van der Waals surface area contributed by atoms with Gasteiger partial charge < -0.3 is 20.3 Å². The second-order valence-electron chi connectivity index (χ2n) is 7.91. The lowest BCUT2D eigenvalue weighted by atomic mass is 9.57. The van der Waals surface area contributed by atoms with Crippen LogP contribution in [0.15, 0.2) is 4.99 Å². The topological polar surface area (TPSA) is 48.9 Å². The Bertz CT molecular complexity index is 429. The molecule has 0 radical (unpaired) electrons. The van der Waals surface area contributed by atoms with Gasteiger partial charge in [0.1, 0.15) is 0 Å². The number of nitrogens with zero attached hydrogens (tertiary/aromatic N) is 2. The van der Waals surface area contributed by atoms with Crippen molar-refractivity contribution in [3.8, 4) is 0 Å². The molecule has 0 aromatic rings. The molecule has 23 heavy (non-hydrogen) atoms. The standard InChI is InChI=1S/C17H32N4O.HI/c1-17(2)14(13-7-9-22-15(13)17)20-16(18-3)19-10-12-6-5-8-21(4)11-12;/h12-15H,5-11H2,1-4H3,(H2,18,19,20);1H. The number of aliphatic imine (C=N–C) groups is 1. The van der Waals surface area contributed by atoms with Gasteiger partial charge in [-0.15, -0.1) is 24.0 Å². The molecular weight excluding hydrogens is 403 g/mol. The lowest BCUT2D eigenvalue weighted by Gasteiger charge is -2.55. The molecule has 4 atom stereocenters. The number of rotatable bonds is 3. The van der Waals surface area contributed by atoms with Gasteiger partial charge in [-0.1, -0.05) is 13.8 Å². The molecule has 5 nitrogen and oxygen atoms in total. The van der Waals surface area contributed by atoms with E-state index in [1.807, 2.05) is 7.05 Å². The lowest BCUT2D eigenvalue weighted by molar-refractivity contribution is -0.106. The van der Waals surface area contributed by atoms with E-state index in [2.05, 4.69) is 41.4 Å². The first-order chi connectivity index (χ1) is 10.5. The molecule has 6 heteroatoms. The van der Waals surface area contributed by atoms with E-state index in [4.69, 9.17) is 4.74 Å². The number of likely N-dealkylation sites (tertiary alicyclic amines) is 1. The van der Waals surface area contributed by atoms with E-state index in [1.165, 1.54) is 32.4 Å². The third-order valence-electron chi connectivity index (χ3n) is 5.90. The molecule has 2 saturated heterocycles. The third kappa shape index (κ3) is 3.95. The Hall–Kier alpha value is -0.0800. The van der Waals surface area contributed by atoms with Crippen LogP contribution < -0.4 is 10.6 Å². The smallest absolute Gasteiger partial charge is 0.191 e. The molecule has 0 aromatic carbocycles. The van der Waals surface area contributed by atoms with Crippen LogP contribution in [0.3, 0.4) is 0 Å². The van der Waals surface area contributed by atoms with Gasteiger partial charge in [-0.3, -0.25) is 4.99 Å². The third-order valence-corrected chi connectivity index (χ3v) is 5.90. The number of halogens is 1. The highest BCUT2D eigenvalue weighted by atomic mass is 127. The van der Waals surface area contributed by atoms with Gasteiger partial charge in [-0.25, -0.2) is 0 Å². The number of piperidine rings is 1. The van der Waals surface area contributed by atoms with Gasteiger partial charge in [0.2, 0.25) is 0 Å². The van der Waals surface area contributed by atoms with Crippen molar-refractivity contribution < 1.29 is 4.74 Å². The van der Waals surface area contributed by atoms with Crippen molar-refractivity contribution >= 4 is 29.9 Å². The summed E-state index contributed by atoms with van der Waals surface area (Å²) in [5.74, 6) is 2.33. The zero-order valence-corrected chi connectivity index (χ0v) is 17.3. The summed E-state index contributed by atoms with van der Waals surface area (Å²) in [7, 11) is 4.09. The van der Waals surface area contributed by atoms with E-state index in [0.29, 0.717) is 18.1 Å². The van der Waals surface area contributed by atoms with Gasteiger partial charge in [0.15, 0.2) is 5.96 Å². The van der Waals surface area contributed by atoms with E-state index < -0.39 is 0 Å². The number of nitrogens with one attached hydrogen (secondary N) is 2. The van der Waals surface area contributed by atoms with Crippen LogP contribution in [0.25, 0.3) is 0 Å². The van der Waals surface area contributed by atoms with E-state index in [9.17, 15) is 0 Å². The largest absolute Gasteiger partial charge is 0.377 e. The highest BCUT2D eigenvalue weighted by Crippen LogP contribution is 2.52. The van der Waals surface area contributed by atoms with Crippen LogP contribution in [0.2, 0.25) is 0 Å². The first kappa shape index (κ1) is 19.2. The average Bonchev–Trinajstić information content (AvgIpc) is 2.94. The van der Waals surface area contributed by atoms with Gasteiger partial charge >= 0.3 is 0 Å². The molecule has 2 aliphatic heterocycles. The molecular formula is C17H33IN4O. The van der Waals surface area contributed by atoms with Crippen molar-refractivity contribution in [3.05, 3.63) is 0 Å². The normalized spacial score (nSPS) is 36.6. The Kier molecular flexibility index (Phi) is 6.58. The summed E-state index contributed by atoms with van der Waals surface area (Å²) in [6.07, 6.45) is 4.24. The second kappa shape index (κ2) is 7.87. The Morgan fingerprint density at radius 1 is 1.35 bits per heavy atom.